The highest BCUT2D eigenvalue weighted by atomic mass is 79.9. The summed E-state index contributed by atoms with van der Waals surface area (Å²) in [6, 6.07) is 13.4. The molecule has 0 radical (unpaired) electrons. The van der Waals surface area contributed by atoms with E-state index in [1.165, 1.54) is 0 Å². The van der Waals surface area contributed by atoms with Gasteiger partial charge in [-0.2, -0.15) is 0 Å². The molecule has 3 rings (SSSR count). The molecule has 5 heteroatoms. The molecule has 0 spiro atoms. The number of halogens is 1. The van der Waals surface area contributed by atoms with Crippen molar-refractivity contribution in [3.8, 4) is 0 Å². The van der Waals surface area contributed by atoms with E-state index >= 15 is 0 Å². The monoisotopic (exact) mass is 384 g/mol. The van der Waals surface area contributed by atoms with Gasteiger partial charge < -0.3 is 10.4 Å². The van der Waals surface area contributed by atoms with Gasteiger partial charge >= 0.3 is 5.97 Å². The van der Waals surface area contributed by atoms with Crippen molar-refractivity contribution in [1.29, 1.82) is 0 Å². The van der Waals surface area contributed by atoms with Gasteiger partial charge in [0.15, 0.2) is 0 Å². The summed E-state index contributed by atoms with van der Waals surface area (Å²) in [5, 5.41) is 13.0. The van der Waals surface area contributed by atoms with E-state index in [0.717, 1.165) is 27.0 Å². The zero-order valence-electron chi connectivity index (χ0n) is 13.4. The Morgan fingerprint density at radius 3 is 2.46 bits per heavy atom. The lowest BCUT2D eigenvalue weighted by Crippen LogP contribution is -2.27. The zero-order valence-corrected chi connectivity index (χ0v) is 15.0. The van der Waals surface area contributed by atoms with Gasteiger partial charge in [0.2, 0.25) is 0 Å². The van der Waals surface area contributed by atoms with E-state index in [2.05, 4.69) is 26.2 Å². The maximum atomic E-state index is 12.0. The molecule has 0 fully saturated rings. The molecule has 2 heterocycles. The third-order valence-corrected chi connectivity index (χ3v) is 4.87. The average Bonchev–Trinajstić information content (AvgIpc) is 2.55. The van der Waals surface area contributed by atoms with Crippen LogP contribution in [-0.4, -0.2) is 16.1 Å². The lowest BCUT2D eigenvalue weighted by Gasteiger charge is -2.31. The Bertz CT molecular complexity index is 857. The van der Waals surface area contributed by atoms with E-state index in [9.17, 15) is 9.90 Å². The van der Waals surface area contributed by atoms with Gasteiger partial charge in [-0.05, 0) is 37.6 Å². The number of pyridine rings is 1. The van der Waals surface area contributed by atoms with Crippen LogP contribution < -0.4 is 5.32 Å². The first kappa shape index (κ1) is 16.5. The Labute approximate surface area is 149 Å². The van der Waals surface area contributed by atoms with Gasteiger partial charge in [-0.1, -0.05) is 40.2 Å². The van der Waals surface area contributed by atoms with Crippen LogP contribution in [-0.2, 0) is 4.79 Å². The molecule has 24 heavy (non-hydrogen) atoms. The number of nitrogens with zero attached hydrogens (tertiary/aromatic N) is 1. The highest BCUT2D eigenvalue weighted by Gasteiger charge is 2.35. The van der Waals surface area contributed by atoms with Gasteiger partial charge in [0.05, 0.1) is 11.3 Å². The number of carboxylic acid groups (broad SMARTS) is 1. The number of carbonyl (C=O) groups is 1. The van der Waals surface area contributed by atoms with Crippen molar-refractivity contribution in [1.82, 2.24) is 10.3 Å². The third-order valence-electron chi connectivity index (χ3n) is 4.15. The van der Waals surface area contributed by atoms with Crippen LogP contribution in [0.2, 0.25) is 0 Å². The van der Waals surface area contributed by atoms with Crippen LogP contribution in [0.5, 0.6) is 0 Å². The van der Waals surface area contributed by atoms with Gasteiger partial charge in [0.25, 0.3) is 0 Å². The normalized spacial score (nSPS) is 17.7. The minimum atomic E-state index is -0.929. The molecule has 2 aromatic rings. The fourth-order valence-electron chi connectivity index (χ4n) is 3.16. The fraction of sp³-hybridized carbons (Fsp3) is 0.158. The van der Waals surface area contributed by atoms with Crippen LogP contribution >= 0.6 is 15.9 Å². The molecule has 1 unspecified atom stereocenters. The molecule has 4 nitrogen and oxygen atoms in total. The largest absolute Gasteiger partial charge is 0.478 e. The number of aliphatic carboxylic acids is 1. The number of benzene rings is 1. The van der Waals surface area contributed by atoms with Crippen LogP contribution in [0.4, 0.5) is 0 Å². The van der Waals surface area contributed by atoms with Crippen molar-refractivity contribution in [3.63, 3.8) is 0 Å². The number of hydrogen-bond donors (Lipinski definition) is 2. The van der Waals surface area contributed by atoms with E-state index in [1.807, 2.05) is 49.4 Å². The number of dihydropyridines is 1. The first-order chi connectivity index (χ1) is 11.5. The van der Waals surface area contributed by atoms with Crippen molar-refractivity contribution in [2.24, 2.45) is 0 Å². The SMILES string of the molecule is CC1=C(C(=O)O)C(c2ccccc2Br)C(c2ccccn2)=C(C)N1. The van der Waals surface area contributed by atoms with E-state index in [4.69, 9.17) is 0 Å². The third kappa shape index (κ3) is 2.87. The molecular formula is C19H17BrN2O2. The molecule has 0 bridgehead atoms. The molecule has 1 aromatic heterocycles. The molecule has 0 saturated heterocycles. The van der Waals surface area contributed by atoms with Gasteiger partial charge in [-0.15, -0.1) is 0 Å². The van der Waals surface area contributed by atoms with Crippen LogP contribution in [0.1, 0.15) is 31.0 Å². The number of allylic oxidation sites excluding steroid dienone is 3. The van der Waals surface area contributed by atoms with Crippen LogP contribution in [0.3, 0.4) is 0 Å². The maximum Gasteiger partial charge on any atom is 0.334 e. The first-order valence-electron chi connectivity index (χ1n) is 7.58. The van der Waals surface area contributed by atoms with Crippen LogP contribution in [0.25, 0.3) is 5.57 Å². The summed E-state index contributed by atoms with van der Waals surface area (Å²) >= 11 is 3.57. The minimum absolute atomic E-state index is 0.341. The molecule has 1 atom stereocenters. The Hall–Kier alpha value is -2.40. The van der Waals surface area contributed by atoms with Crippen molar-refractivity contribution in [2.75, 3.05) is 0 Å². The van der Waals surface area contributed by atoms with Gasteiger partial charge in [-0.25, -0.2) is 4.79 Å². The molecule has 2 N–H and O–H groups in total. The number of carboxylic acids is 1. The Kier molecular flexibility index (Phi) is 4.53. The first-order valence-corrected chi connectivity index (χ1v) is 8.37. The molecule has 0 aliphatic carbocycles. The second kappa shape index (κ2) is 6.61. The van der Waals surface area contributed by atoms with Crippen molar-refractivity contribution in [3.05, 3.63) is 81.4 Å². The number of aromatic nitrogens is 1. The average molecular weight is 385 g/mol. The van der Waals surface area contributed by atoms with E-state index in [1.54, 1.807) is 13.1 Å². The molecule has 0 saturated carbocycles. The van der Waals surface area contributed by atoms with E-state index < -0.39 is 11.9 Å². The topological polar surface area (TPSA) is 62.2 Å². The number of hydrogen-bond acceptors (Lipinski definition) is 3. The number of rotatable bonds is 3. The standard InChI is InChI=1S/C19H17BrN2O2/c1-11-16(15-9-5-6-10-21-15)18(13-7-3-4-8-14(13)20)17(19(23)24)12(2)22-11/h3-10,18,22H,1-2H3,(H,23,24). The summed E-state index contributed by atoms with van der Waals surface area (Å²) in [5.74, 6) is -1.32. The predicted octanol–water partition coefficient (Wildman–Crippen LogP) is 4.32. The summed E-state index contributed by atoms with van der Waals surface area (Å²) in [7, 11) is 0. The highest BCUT2D eigenvalue weighted by molar-refractivity contribution is 9.10. The zero-order chi connectivity index (χ0) is 17.3. The Morgan fingerprint density at radius 2 is 1.83 bits per heavy atom. The van der Waals surface area contributed by atoms with Crippen molar-refractivity contribution >= 4 is 27.5 Å². The second-order valence-corrected chi connectivity index (χ2v) is 6.53. The van der Waals surface area contributed by atoms with Gasteiger partial charge in [0.1, 0.15) is 0 Å². The second-order valence-electron chi connectivity index (χ2n) is 5.68. The van der Waals surface area contributed by atoms with Crippen LogP contribution in [0.15, 0.2) is 70.1 Å². The summed E-state index contributed by atoms with van der Waals surface area (Å²) in [6.45, 7) is 3.75. The smallest absolute Gasteiger partial charge is 0.334 e. The number of nitrogens with one attached hydrogen (secondary N) is 1. The summed E-state index contributed by atoms with van der Waals surface area (Å²) in [6.07, 6.45) is 1.72. The summed E-state index contributed by atoms with van der Waals surface area (Å²) in [4.78, 5) is 16.4. The maximum absolute atomic E-state index is 12.0. The lowest BCUT2D eigenvalue weighted by molar-refractivity contribution is -0.132. The van der Waals surface area contributed by atoms with Crippen molar-refractivity contribution < 1.29 is 9.90 Å². The Morgan fingerprint density at radius 1 is 1.12 bits per heavy atom. The quantitative estimate of drug-likeness (QED) is 0.826. The van der Waals surface area contributed by atoms with Gasteiger partial charge in [0, 0.05) is 33.6 Å². The molecular weight excluding hydrogens is 368 g/mol. The lowest BCUT2D eigenvalue weighted by atomic mass is 9.79. The highest BCUT2D eigenvalue weighted by Crippen LogP contribution is 2.44. The molecule has 1 aliphatic rings. The van der Waals surface area contributed by atoms with E-state index in [0.29, 0.717) is 11.3 Å². The molecule has 0 amide bonds. The van der Waals surface area contributed by atoms with E-state index in [-0.39, 0.29) is 0 Å². The Balaban J connectivity index is 2.28. The fourth-order valence-corrected chi connectivity index (χ4v) is 3.67. The molecule has 1 aliphatic heterocycles. The van der Waals surface area contributed by atoms with Crippen LogP contribution in [0, 0.1) is 0 Å². The molecule has 122 valence electrons. The minimum Gasteiger partial charge on any atom is -0.478 e. The van der Waals surface area contributed by atoms with Gasteiger partial charge in [-0.3, -0.25) is 4.98 Å². The predicted molar refractivity (Wildman–Crippen MR) is 97.2 cm³/mol. The van der Waals surface area contributed by atoms with Crippen molar-refractivity contribution in [2.45, 2.75) is 19.8 Å². The summed E-state index contributed by atoms with van der Waals surface area (Å²) in [5.41, 5.74) is 4.47. The summed E-state index contributed by atoms with van der Waals surface area (Å²) < 4.78 is 0.879. The molecule has 1 aromatic carbocycles.